The number of carbonyl (C=O) groups excluding carboxylic acids is 2. The molecule has 0 aromatic carbocycles. The first-order valence-corrected chi connectivity index (χ1v) is 5.78. The lowest BCUT2D eigenvalue weighted by molar-refractivity contribution is -0.131. The molecular weight excluding hydrogens is 216 g/mol. The first-order chi connectivity index (χ1) is 7.99. The molecule has 4 nitrogen and oxygen atoms in total. The topological polar surface area (TPSA) is 61.2 Å². The van der Waals surface area contributed by atoms with Crippen molar-refractivity contribution in [3.63, 3.8) is 0 Å². The lowest BCUT2D eigenvalue weighted by Gasteiger charge is -2.32. The van der Waals surface area contributed by atoms with Crippen molar-refractivity contribution in [3.05, 3.63) is 12.2 Å². The molecule has 0 N–H and O–H groups in total. The average Bonchev–Trinajstić information content (AvgIpc) is 2.30. The molecule has 1 rings (SSSR count). The molecule has 0 spiro atoms. The van der Waals surface area contributed by atoms with Crippen LogP contribution in [-0.2, 0) is 9.59 Å². The first kappa shape index (κ1) is 13.4. The average molecular weight is 234 g/mol. The van der Waals surface area contributed by atoms with Crippen LogP contribution in [0.4, 0.5) is 0 Å². The summed E-state index contributed by atoms with van der Waals surface area (Å²) >= 11 is 0. The van der Waals surface area contributed by atoms with Gasteiger partial charge in [0, 0.05) is 33.4 Å². The second-order valence-corrected chi connectivity index (χ2v) is 4.79. The third-order valence-electron chi connectivity index (χ3n) is 3.23. The van der Waals surface area contributed by atoms with Gasteiger partial charge in [0.25, 0.3) is 0 Å². The summed E-state index contributed by atoms with van der Waals surface area (Å²) in [6.07, 6.45) is 5.98. The van der Waals surface area contributed by atoms with E-state index in [2.05, 4.69) is 6.07 Å². The molecule has 0 radical (unpaired) electrons. The van der Waals surface area contributed by atoms with Crippen LogP contribution in [0.1, 0.15) is 32.1 Å². The van der Waals surface area contributed by atoms with Crippen LogP contribution in [0.3, 0.4) is 0 Å². The van der Waals surface area contributed by atoms with Gasteiger partial charge < -0.3 is 4.90 Å². The van der Waals surface area contributed by atoms with Crippen LogP contribution in [-0.4, -0.2) is 30.7 Å². The Balaban J connectivity index is 2.80. The van der Waals surface area contributed by atoms with Gasteiger partial charge in [0.1, 0.15) is 0 Å². The van der Waals surface area contributed by atoms with E-state index in [0.29, 0.717) is 32.1 Å². The fourth-order valence-electron chi connectivity index (χ4n) is 2.02. The Kier molecular flexibility index (Phi) is 4.45. The van der Waals surface area contributed by atoms with Crippen LogP contribution in [0.2, 0.25) is 0 Å². The zero-order valence-corrected chi connectivity index (χ0v) is 10.4. The highest BCUT2D eigenvalue weighted by Crippen LogP contribution is 2.38. The molecular formula is C13H18N2O2. The fourth-order valence-corrected chi connectivity index (χ4v) is 2.02. The van der Waals surface area contributed by atoms with E-state index in [1.165, 1.54) is 0 Å². The molecule has 0 fully saturated rings. The Hall–Kier alpha value is -1.63. The van der Waals surface area contributed by atoms with Crippen LogP contribution in [0.15, 0.2) is 12.2 Å². The summed E-state index contributed by atoms with van der Waals surface area (Å²) < 4.78 is 0. The van der Waals surface area contributed by atoms with Crippen molar-refractivity contribution in [2.24, 2.45) is 5.41 Å². The molecule has 1 unspecified atom stereocenters. The zero-order valence-electron chi connectivity index (χ0n) is 10.4. The Labute approximate surface area is 102 Å². The van der Waals surface area contributed by atoms with E-state index in [9.17, 15) is 9.59 Å². The Bertz CT molecular complexity index is 379. The summed E-state index contributed by atoms with van der Waals surface area (Å²) in [5, 5.41) is 8.67. The molecule has 1 atom stereocenters. The lowest BCUT2D eigenvalue weighted by atomic mass is 9.72. The van der Waals surface area contributed by atoms with Gasteiger partial charge in [-0.1, -0.05) is 6.08 Å². The number of hydrogen-bond donors (Lipinski definition) is 0. The second-order valence-electron chi connectivity index (χ2n) is 4.79. The predicted molar refractivity (Wildman–Crippen MR) is 64.0 cm³/mol. The molecule has 92 valence electrons. The summed E-state index contributed by atoms with van der Waals surface area (Å²) in [6.45, 7) is 0. The molecule has 17 heavy (non-hydrogen) atoms. The molecule has 0 aliphatic heterocycles. The maximum absolute atomic E-state index is 11.8. The number of carbonyl (C=O) groups is 2. The van der Waals surface area contributed by atoms with Crippen molar-refractivity contribution in [3.8, 4) is 6.07 Å². The zero-order chi connectivity index (χ0) is 12.9. The molecule has 1 amide bonds. The minimum absolute atomic E-state index is 0.0435. The molecule has 0 heterocycles. The molecule has 0 bridgehead atoms. The van der Waals surface area contributed by atoms with Gasteiger partial charge in [-0.3, -0.25) is 9.59 Å². The normalized spacial score (nSPS) is 23.2. The third-order valence-corrected chi connectivity index (χ3v) is 3.23. The summed E-state index contributed by atoms with van der Waals surface area (Å²) in [5.41, 5.74) is -0.301. The number of nitriles is 1. The Morgan fingerprint density at radius 2 is 2.29 bits per heavy atom. The molecule has 1 aliphatic rings. The number of amides is 1. The fraction of sp³-hybridized carbons (Fsp3) is 0.615. The maximum atomic E-state index is 11.8. The third kappa shape index (κ3) is 3.70. The van der Waals surface area contributed by atoms with Crippen molar-refractivity contribution in [2.45, 2.75) is 32.1 Å². The smallest absolute Gasteiger partial charge is 0.222 e. The lowest BCUT2D eigenvalue weighted by Crippen LogP contribution is -2.32. The largest absolute Gasteiger partial charge is 0.349 e. The van der Waals surface area contributed by atoms with E-state index in [1.54, 1.807) is 25.1 Å². The summed E-state index contributed by atoms with van der Waals surface area (Å²) in [4.78, 5) is 24.5. The summed E-state index contributed by atoms with van der Waals surface area (Å²) in [6, 6.07) is 2.11. The van der Waals surface area contributed by atoms with Crippen LogP contribution in [0, 0.1) is 16.7 Å². The Morgan fingerprint density at radius 3 is 2.76 bits per heavy atom. The van der Waals surface area contributed by atoms with Crippen LogP contribution < -0.4 is 0 Å². The van der Waals surface area contributed by atoms with Crippen LogP contribution in [0.5, 0.6) is 0 Å². The van der Waals surface area contributed by atoms with Gasteiger partial charge in [0.2, 0.25) is 5.91 Å². The van der Waals surface area contributed by atoms with Gasteiger partial charge >= 0.3 is 0 Å². The highest BCUT2D eigenvalue weighted by Gasteiger charge is 2.33. The number of rotatable bonds is 4. The number of hydrogen-bond acceptors (Lipinski definition) is 3. The van der Waals surface area contributed by atoms with E-state index < -0.39 is 0 Å². The molecule has 0 saturated heterocycles. The van der Waals surface area contributed by atoms with Gasteiger partial charge in [-0.25, -0.2) is 0 Å². The molecule has 0 aromatic rings. The van der Waals surface area contributed by atoms with Crippen molar-refractivity contribution in [2.75, 3.05) is 14.1 Å². The van der Waals surface area contributed by atoms with Crippen molar-refractivity contribution in [1.82, 2.24) is 4.90 Å². The van der Waals surface area contributed by atoms with Crippen molar-refractivity contribution < 1.29 is 9.59 Å². The van der Waals surface area contributed by atoms with Crippen LogP contribution >= 0.6 is 0 Å². The highest BCUT2D eigenvalue weighted by molar-refractivity contribution is 5.91. The van der Waals surface area contributed by atoms with Crippen molar-refractivity contribution >= 4 is 11.7 Å². The number of allylic oxidation sites excluding steroid dienone is 2. The Morgan fingerprint density at radius 1 is 1.59 bits per heavy atom. The van der Waals surface area contributed by atoms with Gasteiger partial charge in [-0.2, -0.15) is 5.26 Å². The SMILES string of the molecule is CN(C)C(=O)CC1(CCC#N)C=CC(=O)CC1. The minimum atomic E-state index is -0.301. The van der Waals surface area contributed by atoms with E-state index in [-0.39, 0.29) is 17.1 Å². The molecule has 0 aromatic heterocycles. The molecule has 4 heteroatoms. The molecule has 1 aliphatic carbocycles. The van der Waals surface area contributed by atoms with E-state index in [4.69, 9.17) is 5.26 Å². The quantitative estimate of drug-likeness (QED) is 0.743. The number of ketones is 1. The van der Waals surface area contributed by atoms with Gasteiger partial charge in [-0.05, 0) is 24.3 Å². The van der Waals surface area contributed by atoms with Gasteiger partial charge in [0.05, 0.1) is 6.07 Å². The molecule has 0 saturated carbocycles. The minimum Gasteiger partial charge on any atom is -0.349 e. The predicted octanol–water partition coefficient (Wildman–Crippen LogP) is 1.67. The van der Waals surface area contributed by atoms with Crippen molar-refractivity contribution in [1.29, 1.82) is 5.26 Å². The number of nitrogens with zero attached hydrogens (tertiary/aromatic N) is 2. The van der Waals surface area contributed by atoms with E-state index >= 15 is 0 Å². The van der Waals surface area contributed by atoms with Gasteiger partial charge in [0.15, 0.2) is 5.78 Å². The van der Waals surface area contributed by atoms with Crippen LogP contribution in [0.25, 0.3) is 0 Å². The van der Waals surface area contributed by atoms with Gasteiger partial charge in [-0.15, -0.1) is 0 Å². The monoisotopic (exact) mass is 234 g/mol. The first-order valence-electron chi connectivity index (χ1n) is 5.78. The summed E-state index contributed by atoms with van der Waals surface area (Å²) in [7, 11) is 3.44. The van der Waals surface area contributed by atoms with E-state index in [0.717, 1.165) is 0 Å². The maximum Gasteiger partial charge on any atom is 0.222 e. The summed E-state index contributed by atoms with van der Waals surface area (Å²) in [5.74, 6) is 0.150. The standard InChI is InChI=1S/C13H18N2O2/c1-15(2)12(17)10-13(6-3-9-14)7-4-11(16)5-8-13/h4,7H,3,5-6,8,10H2,1-2H3. The second kappa shape index (κ2) is 5.62. The van der Waals surface area contributed by atoms with E-state index in [1.807, 2.05) is 6.08 Å². The highest BCUT2D eigenvalue weighted by atomic mass is 16.2.